The zero-order valence-electron chi connectivity index (χ0n) is 29.0. The molecule has 3 aliphatic rings. The molecule has 5 aromatic rings. The summed E-state index contributed by atoms with van der Waals surface area (Å²) in [4.78, 5) is 23.4. The molecule has 0 amide bonds. The first kappa shape index (κ1) is 35.3. The number of hydrogen-bond donors (Lipinski definition) is 2. The zero-order chi connectivity index (χ0) is 34.7. The summed E-state index contributed by atoms with van der Waals surface area (Å²) in [6.45, 7) is 10.0. The van der Waals surface area contributed by atoms with Crippen LogP contribution < -0.4 is 4.90 Å². The van der Waals surface area contributed by atoms with E-state index >= 15 is 0 Å². The van der Waals surface area contributed by atoms with Crippen molar-refractivity contribution < 1.29 is 15.4 Å². The van der Waals surface area contributed by atoms with E-state index in [9.17, 15) is 5.26 Å². The van der Waals surface area contributed by atoms with Gasteiger partial charge < -0.3 is 29.9 Å². The Bertz CT molecular complexity index is 2210. The van der Waals surface area contributed by atoms with Crippen LogP contribution >= 0.6 is 0 Å². The van der Waals surface area contributed by atoms with Crippen LogP contribution in [0.5, 0.6) is 0 Å². The van der Waals surface area contributed by atoms with Crippen LogP contribution in [-0.4, -0.2) is 82.5 Å². The predicted octanol–water partition coefficient (Wildman–Crippen LogP) is 5.87. The van der Waals surface area contributed by atoms with E-state index < -0.39 is 8.07 Å². The Kier molecular flexibility index (Phi) is 10.5. The SMILES string of the molecule is C[Si](C)(C)CCOCn1ccc2c(-c3cnn(C(CC#N)C4CCN(c5ccc6cc[nH]c6n5)C4)c3)ncnc21.O.On1cccc2ccnc1-2. The van der Waals surface area contributed by atoms with Crippen molar-refractivity contribution in [2.45, 2.75) is 51.3 Å². The Morgan fingerprint density at radius 2 is 1.96 bits per heavy atom. The van der Waals surface area contributed by atoms with Crippen LogP contribution in [0.4, 0.5) is 5.82 Å². The summed E-state index contributed by atoms with van der Waals surface area (Å²) >= 11 is 0. The number of aromatic amines is 1. The molecule has 15 heteroatoms. The molecule has 0 saturated carbocycles. The Morgan fingerprint density at radius 3 is 2.78 bits per heavy atom. The maximum absolute atomic E-state index is 9.68. The van der Waals surface area contributed by atoms with E-state index in [2.05, 4.69) is 62.7 Å². The first-order chi connectivity index (χ1) is 24.3. The molecule has 3 aliphatic heterocycles. The Balaban J connectivity index is 0.000000349. The van der Waals surface area contributed by atoms with Gasteiger partial charge in [0, 0.05) is 86.6 Å². The van der Waals surface area contributed by atoms with Crippen LogP contribution in [0.1, 0.15) is 18.9 Å². The number of rotatable bonds is 10. The fraction of sp³-hybridized carbons (Fsp3) is 0.333. The monoisotopic (exact) mass is 705 g/mol. The highest BCUT2D eigenvalue weighted by molar-refractivity contribution is 6.76. The van der Waals surface area contributed by atoms with Crippen molar-refractivity contribution in [1.29, 1.82) is 5.26 Å². The van der Waals surface area contributed by atoms with Crippen LogP contribution in [0, 0.1) is 17.2 Å². The summed E-state index contributed by atoms with van der Waals surface area (Å²) in [5.41, 5.74) is 4.45. The molecule has 4 N–H and O–H groups in total. The van der Waals surface area contributed by atoms with E-state index in [0.29, 0.717) is 19.0 Å². The molecular formula is C36H43N11O3Si. The van der Waals surface area contributed by atoms with Gasteiger partial charge in [0.05, 0.1) is 30.4 Å². The number of hydrogen-bond acceptors (Lipinski definition) is 9. The molecule has 2 atom stereocenters. The van der Waals surface area contributed by atoms with Crippen molar-refractivity contribution in [1.82, 2.24) is 44.0 Å². The van der Waals surface area contributed by atoms with Crippen molar-refractivity contribution in [2.24, 2.45) is 5.92 Å². The van der Waals surface area contributed by atoms with E-state index in [1.165, 1.54) is 0 Å². The van der Waals surface area contributed by atoms with Crippen molar-refractivity contribution in [3.05, 3.63) is 86.0 Å². The lowest BCUT2D eigenvalue weighted by Gasteiger charge is -2.23. The molecule has 2 unspecified atom stereocenters. The van der Waals surface area contributed by atoms with Gasteiger partial charge in [-0.05, 0) is 54.9 Å². The second-order valence-corrected chi connectivity index (χ2v) is 19.5. The van der Waals surface area contributed by atoms with Gasteiger partial charge in [-0.2, -0.15) is 15.1 Å². The highest BCUT2D eigenvalue weighted by Crippen LogP contribution is 2.34. The van der Waals surface area contributed by atoms with Gasteiger partial charge in [-0.15, -0.1) is 0 Å². The Morgan fingerprint density at radius 1 is 1.08 bits per heavy atom. The van der Waals surface area contributed by atoms with Crippen molar-refractivity contribution in [3.63, 3.8) is 0 Å². The van der Waals surface area contributed by atoms with Gasteiger partial charge in [-0.3, -0.25) is 4.68 Å². The van der Waals surface area contributed by atoms with Crippen LogP contribution in [0.2, 0.25) is 25.7 Å². The predicted molar refractivity (Wildman–Crippen MR) is 198 cm³/mol. The molecule has 0 spiro atoms. The summed E-state index contributed by atoms with van der Waals surface area (Å²) < 4.78 is 11.0. The number of nitrogens with zero attached hydrogens (tertiary/aromatic N) is 10. The average molecular weight is 706 g/mol. The third-order valence-electron chi connectivity index (χ3n) is 9.21. The van der Waals surface area contributed by atoms with Crippen LogP contribution in [0.25, 0.3) is 44.7 Å². The highest BCUT2D eigenvalue weighted by Gasteiger charge is 2.32. The number of pyridine rings is 2. The Labute approximate surface area is 296 Å². The van der Waals surface area contributed by atoms with E-state index in [1.807, 2.05) is 58.3 Å². The lowest BCUT2D eigenvalue weighted by Crippen LogP contribution is -2.25. The number of ether oxygens (including phenoxy) is 1. The number of anilines is 1. The van der Waals surface area contributed by atoms with Crippen molar-refractivity contribution in [3.8, 4) is 28.7 Å². The summed E-state index contributed by atoms with van der Waals surface area (Å²) in [5, 5.41) is 25.6. The zero-order valence-corrected chi connectivity index (χ0v) is 30.0. The molecule has 0 aliphatic carbocycles. The summed E-state index contributed by atoms with van der Waals surface area (Å²) in [6.07, 6.45) is 14.0. The second kappa shape index (κ2) is 15.1. The molecule has 5 aromatic heterocycles. The minimum absolute atomic E-state index is 0. The number of nitrogens with one attached hydrogen (secondary N) is 1. The lowest BCUT2D eigenvalue weighted by atomic mass is 9.96. The minimum atomic E-state index is -1.13. The molecule has 14 nitrogen and oxygen atoms in total. The molecule has 8 heterocycles. The molecule has 0 bridgehead atoms. The largest absolute Gasteiger partial charge is 0.427 e. The van der Waals surface area contributed by atoms with Crippen LogP contribution in [0.3, 0.4) is 0 Å². The summed E-state index contributed by atoms with van der Waals surface area (Å²) in [7, 11) is -1.13. The van der Waals surface area contributed by atoms with Gasteiger partial charge in [0.1, 0.15) is 30.2 Å². The third-order valence-corrected chi connectivity index (χ3v) is 10.9. The van der Waals surface area contributed by atoms with Gasteiger partial charge in [-0.25, -0.2) is 19.9 Å². The molecule has 264 valence electrons. The first-order valence-electron chi connectivity index (χ1n) is 16.9. The molecule has 51 heavy (non-hydrogen) atoms. The molecule has 0 aromatic carbocycles. The average Bonchev–Trinajstić information content (AvgIpc) is 3.95. The number of H-pyrrole nitrogens is 1. The molecule has 8 rings (SSSR count). The lowest BCUT2D eigenvalue weighted by molar-refractivity contribution is 0.0899. The third kappa shape index (κ3) is 7.78. The molecular weight excluding hydrogens is 663 g/mol. The van der Waals surface area contributed by atoms with E-state index in [-0.39, 0.29) is 17.4 Å². The fourth-order valence-electron chi connectivity index (χ4n) is 6.45. The number of fused-ring (bicyclic) bond motifs is 3. The van der Waals surface area contributed by atoms with Crippen LogP contribution in [-0.2, 0) is 11.5 Å². The topological polar surface area (TPSA) is 183 Å². The van der Waals surface area contributed by atoms with Crippen LogP contribution in [0.15, 0.2) is 86.0 Å². The first-order valence-corrected chi connectivity index (χ1v) is 20.6. The van der Waals surface area contributed by atoms with Gasteiger partial charge in [0.2, 0.25) is 0 Å². The standard InChI is InChI=1S/C29H35N9OSi.C7H6N2O.H2O/c1-40(2,3)15-14-39-20-37-13-9-24-27(32-19-33-29(24)37)23-16-34-38(18-23)25(6-10-30)22-8-12-36(17-22)26-5-4-21-7-11-31-28(21)35-26;10-9-5-1-2-6-3-4-8-7(6)9;/h4-5,7,9,11,13,16,18-19,22,25H,6,8,12,14-15,17,20H2,1-3H3,(H,31,35);1-5,10H;1H2. The summed E-state index contributed by atoms with van der Waals surface area (Å²) in [6, 6.07) is 17.3. The molecule has 1 saturated heterocycles. The van der Waals surface area contributed by atoms with Crippen molar-refractivity contribution >= 4 is 36.0 Å². The smallest absolute Gasteiger partial charge is 0.175 e. The maximum atomic E-state index is 9.68. The van der Waals surface area contributed by atoms with E-state index in [0.717, 1.165) is 81.6 Å². The Hall–Kier alpha value is -5.56. The quantitative estimate of drug-likeness (QED) is 0.0999. The summed E-state index contributed by atoms with van der Waals surface area (Å²) in [5.74, 6) is 1.85. The van der Waals surface area contributed by atoms with Gasteiger partial charge in [0.25, 0.3) is 0 Å². The van der Waals surface area contributed by atoms with Crippen molar-refractivity contribution in [2.75, 3.05) is 24.6 Å². The molecule has 1 fully saturated rings. The highest BCUT2D eigenvalue weighted by atomic mass is 28.3. The number of nitriles is 1. The maximum Gasteiger partial charge on any atom is 0.175 e. The van der Waals surface area contributed by atoms with E-state index in [1.54, 1.807) is 24.8 Å². The normalized spacial score (nSPS) is 15.1. The fourth-order valence-corrected chi connectivity index (χ4v) is 7.21. The second-order valence-electron chi connectivity index (χ2n) is 13.9. The molecule has 0 radical (unpaired) electrons. The van der Waals surface area contributed by atoms with E-state index in [4.69, 9.17) is 20.0 Å². The number of aromatic nitrogens is 9. The van der Waals surface area contributed by atoms with Gasteiger partial charge in [0.15, 0.2) is 5.82 Å². The van der Waals surface area contributed by atoms with Gasteiger partial charge in [-0.1, -0.05) is 19.6 Å². The minimum Gasteiger partial charge on any atom is -0.427 e. The van der Waals surface area contributed by atoms with Gasteiger partial charge >= 0.3 is 0 Å².